The lowest BCUT2D eigenvalue weighted by Gasteiger charge is -2.15. The number of nitrogens with one attached hydrogen (secondary N) is 1. The molecule has 9 heteroatoms. The Labute approximate surface area is 121 Å². The second-order valence-corrected chi connectivity index (χ2v) is 4.53. The van der Waals surface area contributed by atoms with Gasteiger partial charge in [-0.3, -0.25) is 0 Å². The first-order chi connectivity index (χ1) is 9.27. The second kappa shape index (κ2) is 5.34. The highest BCUT2D eigenvalue weighted by Gasteiger charge is 2.34. The average Bonchev–Trinajstić information content (AvgIpc) is 2.34. The molecule has 0 fully saturated rings. The molecule has 0 unspecified atom stereocenters. The molecule has 0 aliphatic rings. The summed E-state index contributed by atoms with van der Waals surface area (Å²) in [5, 5.41) is 2.31. The lowest BCUT2D eigenvalue weighted by molar-refractivity contribution is -0.136. The third-order valence-corrected chi connectivity index (χ3v) is 2.74. The fraction of sp³-hybridized carbons (Fsp3) is 0.0909. The molecule has 0 saturated carbocycles. The van der Waals surface area contributed by atoms with E-state index in [4.69, 9.17) is 28.9 Å². The van der Waals surface area contributed by atoms with E-state index in [0.29, 0.717) is 0 Å². The van der Waals surface area contributed by atoms with E-state index in [0.717, 1.165) is 6.07 Å². The highest BCUT2D eigenvalue weighted by atomic mass is 35.5. The van der Waals surface area contributed by atoms with Crippen molar-refractivity contribution in [2.75, 3.05) is 11.1 Å². The first-order valence-electron chi connectivity index (χ1n) is 5.19. The Balaban J connectivity index is 2.46. The standard InChI is InChI=1S/C11H7Cl2F3N4/c12-5-1-2-8(6(3-5)11(14,15)16)19-9-7(17)4-18-10(13)20-9/h1-4H,17H2,(H,18,19,20). The Morgan fingerprint density at radius 1 is 1.20 bits per heavy atom. The molecule has 4 nitrogen and oxygen atoms in total. The van der Waals surface area contributed by atoms with Gasteiger partial charge in [-0.25, -0.2) is 4.98 Å². The van der Waals surface area contributed by atoms with Crippen LogP contribution in [0.5, 0.6) is 0 Å². The summed E-state index contributed by atoms with van der Waals surface area (Å²) in [7, 11) is 0. The summed E-state index contributed by atoms with van der Waals surface area (Å²) in [4.78, 5) is 7.34. The van der Waals surface area contributed by atoms with Crippen molar-refractivity contribution in [1.82, 2.24) is 9.97 Å². The molecule has 1 heterocycles. The molecule has 2 rings (SSSR count). The Morgan fingerprint density at radius 3 is 2.55 bits per heavy atom. The van der Waals surface area contributed by atoms with Crippen molar-refractivity contribution in [2.24, 2.45) is 0 Å². The van der Waals surface area contributed by atoms with E-state index in [-0.39, 0.29) is 27.5 Å². The summed E-state index contributed by atoms with van der Waals surface area (Å²) in [5.74, 6) is -0.0159. The summed E-state index contributed by atoms with van der Waals surface area (Å²) in [5.41, 5.74) is 4.48. The van der Waals surface area contributed by atoms with Gasteiger partial charge in [0.1, 0.15) is 0 Å². The Hall–Kier alpha value is -1.73. The van der Waals surface area contributed by atoms with E-state index in [1.54, 1.807) is 0 Å². The van der Waals surface area contributed by atoms with Crippen molar-refractivity contribution in [2.45, 2.75) is 6.18 Å². The number of alkyl halides is 3. The zero-order valence-electron chi connectivity index (χ0n) is 9.67. The van der Waals surface area contributed by atoms with Crippen LogP contribution in [0.25, 0.3) is 0 Å². The van der Waals surface area contributed by atoms with Crippen LogP contribution in [0.3, 0.4) is 0 Å². The molecular formula is C11H7Cl2F3N4. The number of rotatable bonds is 2. The molecule has 20 heavy (non-hydrogen) atoms. The molecular weight excluding hydrogens is 316 g/mol. The van der Waals surface area contributed by atoms with Gasteiger partial charge in [0.15, 0.2) is 5.82 Å². The SMILES string of the molecule is Nc1cnc(Cl)nc1Nc1ccc(Cl)cc1C(F)(F)F. The van der Waals surface area contributed by atoms with Gasteiger partial charge in [-0.05, 0) is 29.8 Å². The second-order valence-electron chi connectivity index (χ2n) is 3.76. The van der Waals surface area contributed by atoms with E-state index in [1.165, 1.54) is 18.3 Å². The molecule has 0 aliphatic carbocycles. The van der Waals surface area contributed by atoms with Gasteiger partial charge in [0.2, 0.25) is 5.28 Å². The van der Waals surface area contributed by atoms with Crippen LogP contribution in [0.15, 0.2) is 24.4 Å². The minimum absolute atomic E-state index is 0.0159. The van der Waals surface area contributed by atoms with Gasteiger partial charge in [-0.1, -0.05) is 11.6 Å². The number of nitrogen functional groups attached to an aromatic ring is 1. The quantitative estimate of drug-likeness (QED) is 0.816. The third kappa shape index (κ3) is 3.23. The normalized spacial score (nSPS) is 11.4. The lowest BCUT2D eigenvalue weighted by atomic mass is 10.1. The van der Waals surface area contributed by atoms with Gasteiger partial charge in [0.25, 0.3) is 0 Å². The highest BCUT2D eigenvalue weighted by molar-refractivity contribution is 6.30. The van der Waals surface area contributed by atoms with Gasteiger partial charge in [-0.2, -0.15) is 18.2 Å². The summed E-state index contributed by atoms with van der Waals surface area (Å²) in [6.45, 7) is 0. The number of hydrogen-bond acceptors (Lipinski definition) is 4. The number of hydrogen-bond donors (Lipinski definition) is 2. The maximum Gasteiger partial charge on any atom is 0.418 e. The molecule has 1 aromatic heterocycles. The Bertz CT molecular complexity index is 646. The van der Waals surface area contributed by atoms with E-state index in [9.17, 15) is 13.2 Å². The van der Waals surface area contributed by atoms with Gasteiger partial charge in [0.05, 0.1) is 23.1 Å². The van der Waals surface area contributed by atoms with E-state index < -0.39 is 11.7 Å². The molecule has 0 saturated heterocycles. The number of halogens is 5. The van der Waals surface area contributed by atoms with Crippen LogP contribution >= 0.6 is 23.2 Å². The number of benzene rings is 1. The van der Waals surface area contributed by atoms with Crippen LogP contribution in [0.4, 0.5) is 30.4 Å². The van der Waals surface area contributed by atoms with Gasteiger partial charge < -0.3 is 11.1 Å². The van der Waals surface area contributed by atoms with Gasteiger partial charge in [-0.15, -0.1) is 0 Å². The van der Waals surface area contributed by atoms with Crippen molar-refractivity contribution >= 4 is 40.4 Å². The third-order valence-electron chi connectivity index (χ3n) is 2.33. The first kappa shape index (κ1) is 14.7. The molecule has 0 aliphatic heterocycles. The smallest absolute Gasteiger partial charge is 0.394 e. The van der Waals surface area contributed by atoms with Crippen LogP contribution in [0, 0.1) is 0 Å². The van der Waals surface area contributed by atoms with Crippen molar-refractivity contribution in [1.29, 1.82) is 0 Å². The lowest BCUT2D eigenvalue weighted by Crippen LogP contribution is -2.10. The zero-order chi connectivity index (χ0) is 14.9. The van der Waals surface area contributed by atoms with Crippen LogP contribution in [-0.2, 0) is 6.18 Å². The van der Waals surface area contributed by atoms with Crippen molar-refractivity contribution in [3.05, 3.63) is 40.3 Å². The summed E-state index contributed by atoms with van der Waals surface area (Å²) < 4.78 is 38.8. The number of nitrogens with two attached hydrogens (primary N) is 1. The Morgan fingerprint density at radius 2 is 1.90 bits per heavy atom. The summed E-state index contributed by atoms with van der Waals surface area (Å²) >= 11 is 11.2. The molecule has 0 atom stereocenters. The maximum absolute atomic E-state index is 12.9. The number of nitrogens with zero attached hydrogens (tertiary/aromatic N) is 2. The van der Waals surface area contributed by atoms with E-state index in [2.05, 4.69) is 15.3 Å². The minimum Gasteiger partial charge on any atom is -0.394 e. The van der Waals surface area contributed by atoms with Crippen LogP contribution < -0.4 is 11.1 Å². The van der Waals surface area contributed by atoms with E-state index in [1.807, 2.05) is 0 Å². The highest BCUT2D eigenvalue weighted by Crippen LogP contribution is 2.38. The van der Waals surface area contributed by atoms with Crippen molar-refractivity contribution in [3.63, 3.8) is 0 Å². The van der Waals surface area contributed by atoms with Crippen LogP contribution in [-0.4, -0.2) is 9.97 Å². The van der Waals surface area contributed by atoms with Crippen LogP contribution in [0.1, 0.15) is 5.56 Å². The molecule has 0 radical (unpaired) electrons. The van der Waals surface area contributed by atoms with E-state index >= 15 is 0 Å². The molecule has 1 aromatic carbocycles. The Kier molecular flexibility index (Phi) is 3.92. The monoisotopic (exact) mass is 322 g/mol. The first-order valence-corrected chi connectivity index (χ1v) is 5.95. The fourth-order valence-electron chi connectivity index (χ4n) is 1.46. The van der Waals surface area contributed by atoms with Gasteiger partial charge >= 0.3 is 6.18 Å². The molecule has 2 aromatic rings. The topological polar surface area (TPSA) is 63.8 Å². The number of aromatic nitrogens is 2. The summed E-state index contributed by atoms with van der Waals surface area (Å²) in [6, 6.07) is 3.31. The molecule has 0 bridgehead atoms. The molecule has 0 amide bonds. The average molecular weight is 323 g/mol. The van der Waals surface area contributed by atoms with Crippen molar-refractivity contribution < 1.29 is 13.2 Å². The molecule has 106 valence electrons. The largest absolute Gasteiger partial charge is 0.418 e. The van der Waals surface area contributed by atoms with Gasteiger partial charge in [0, 0.05) is 5.02 Å². The zero-order valence-corrected chi connectivity index (χ0v) is 11.2. The van der Waals surface area contributed by atoms with Crippen molar-refractivity contribution in [3.8, 4) is 0 Å². The predicted octanol–water partition coefficient (Wildman–Crippen LogP) is 4.13. The molecule has 0 spiro atoms. The maximum atomic E-state index is 12.9. The molecule has 3 N–H and O–H groups in total. The minimum atomic E-state index is -4.57. The number of anilines is 3. The summed E-state index contributed by atoms with van der Waals surface area (Å²) in [6.07, 6.45) is -3.38. The fourth-order valence-corrected chi connectivity index (χ4v) is 1.76. The van der Waals surface area contributed by atoms with Crippen LogP contribution in [0.2, 0.25) is 10.3 Å². The predicted molar refractivity (Wildman–Crippen MR) is 71.2 cm³/mol.